The van der Waals surface area contributed by atoms with E-state index < -0.39 is 121 Å². The molecular weight excluding hydrogens is 598 g/mol. The molecule has 1 N–H and O–H groups in total. The number of nitrogens with zero attached hydrogens (tertiary/aromatic N) is 7. The first-order valence-corrected chi connectivity index (χ1v) is 12.2. The largest absolute Gasteiger partial charge is 0.293 e. The Morgan fingerprint density at radius 3 is 1.37 bits per heavy atom. The molecule has 1 saturated heterocycles. The van der Waals surface area contributed by atoms with Crippen molar-refractivity contribution in [2.24, 2.45) is 10.2 Å². The molecule has 0 unspecified atom stereocenters. The molecule has 3 rings (SSSR count). The second-order valence-corrected chi connectivity index (χ2v) is 9.65. The first-order chi connectivity index (χ1) is 19.1. The van der Waals surface area contributed by atoms with Gasteiger partial charge in [0, 0.05) is 40.6 Å². The number of halogens is 8. The number of hydrogen-bond donors (Lipinski definition) is 1. The molecule has 0 saturated carbocycles. The van der Waals surface area contributed by atoms with Crippen LogP contribution in [-0.4, -0.2) is 49.0 Å². The van der Waals surface area contributed by atoms with Crippen LogP contribution in [0.1, 0.15) is 11.1 Å². The molecule has 1 fully saturated rings. The number of benzene rings is 2. The van der Waals surface area contributed by atoms with Gasteiger partial charge in [0.2, 0.25) is 0 Å². The zero-order valence-electron chi connectivity index (χ0n) is 19.7. The molecule has 1 aliphatic rings. The normalized spacial score (nSPS) is 16.2. The first-order valence-electron chi connectivity index (χ1n) is 10.6. The molecule has 0 aliphatic carbocycles. The molecule has 216 valence electrons. The number of carbonyl (C=O) groups is 1. The highest BCUT2D eigenvalue weighted by Gasteiger charge is 2.31. The van der Waals surface area contributed by atoms with Crippen LogP contribution in [0.15, 0.2) is 21.4 Å². The van der Waals surface area contributed by atoms with E-state index in [9.17, 15) is 48.3 Å². The van der Waals surface area contributed by atoms with Gasteiger partial charge in [0.1, 0.15) is 11.4 Å². The Morgan fingerprint density at radius 1 is 0.732 bits per heavy atom. The number of Topliss-reactive ketones (excluding diaryl/α,β-unsaturated/α-hetero) is 1. The van der Waals surface area contributed by atoms with Gasteiger partial charge in [-0.05, 0) is 23.2 Å². The summed E-state index contributed by atoms with van der Waals surface area (Å²) >= 11 is 0. The minimum atomic E-state index is -4.64. The van der Waals surface area contributed by atoms with Crippen LogP contribution >= 0.6 is 0 Å². The van der Waals surface area contributed by atoms with E-state index in [1.807, 2.05) is 9.82 Å². The average Bonchev–Trinajstić information content (AvgIpc) is 2.92. The molecule has 1 heterocycles. The maximum atomic E-state index is 14.6. The summed E-state index contributed by atoms with van der Waals surface area (Å²) in [7, 11) is -4.64. The molecule has 20 heteroatoms. The van der Waals surface area contributed by atoms with Crippen LogP contribution in [0.3, 0.4) is 0 Å². The molecule has 0 aromatic heterocycles. The van der Waals surface area contributed by atoms with Gasteiger partial charge in [0.25, 0.3) is 10.1 Å². The summed E-state index contributed by atoms with van der Waals surface area (Å²) in [6.07, 6.45) is 0.538. The lowest BCUT2D eigenvalue weighted by atomic mass is 9.93. The third-order valence-electron chi connectivity index (χ3n) is 5.51. The molecule has 2 aromatic rings. The second-order valence-electron chi connectivity index (χ2n) is 8.08. The SMILES string of the molecule is [N-]=[N+]=Nc1c(F)c(F)c(C=C2CN(CCS(=O)(=O)O)CC(=Cc3c(F)c(F)c(N=[N+]=[N-])c(F)c3F)C2=O)c(F)c1F. The zero-order valence-corrected chi connectivity index (χ0v) is 20.5. The highest BCUT2D eigenvalue weighted by atomic mass is 32.2. The smallest absolute Gasteiger partial charge is 0.266 e. The van der Waals surface area contributed by atoms with E-state index in [4.69, 9.17) is 15.6 Å². The zero-order chi connectivity index (χ0) is 30.8. The predicted molar refractivity (Wildman–Crippen MR) is 124 cm³/mol. The number of rotatable bonds is 7. The molecule has 41 heavy (non-hydrogen) atoms. The van der Waals surface area contributed by atoms with E-state index in [1.54, 1.807) is 0 Å². The Kier molecular flexibility index (Phi) is 9.05. The van der Waals surface area contributed by atoms with E-state index >= 15 is 0 Å². The van der Waals surface area contributed by atoms with Gasteiger partial charge in [-0.2, -0.15) is 8.42 Å². The Hall–Kier alpha value is -4.48. The maximum Gasteiger partial charge on any atom is 0.266 e. The van der Waals surface area contributed by atoms with Crippen LogP contribution in [0.2, 0.25) is 0 Å². The quantitative estimate of drug-likeness (QED) is 0.0779. The molecular formula is C21H11F8N7O4S. The summed E-state index contributed by atoms with van der Waals surface area (Å²) in [4.78, 5) is 18.1. The van der Waals surface area contributed by atoms with Crippen molar-refractivity contribution in [3.05, 3.63) is 89.7 Å². The molecule has 1 aliphatic heterocycles. The van der Waals surface area contributed by atoms with Gasteiger partial charge in [-0.3, -0.25) is 14.2 Å². The van der Waals surface area contributed by atoms with E-state index in [2.05, 4.69) is 10.2 Å². The van der Waals surface area contributed by atoms with Gasteiger partial charge in [-0.1, -0.05) is 10.2 Å². The summed E-state index contributed by atoms with van der Waals surface area (Å²) in [6.45, 7) is -2.06. The predicted octanol–water partition coefficient (Wildman–Crippen LogP) is 5.92. The fourth-order valence-electron chi connectivity index (χ4n) is 3.65. The minimum absolute atomic E-state index is 0.269. The van der Waals surface area contributed by atoms with Crippen molar-refractivity contribution in [1.82, 2.24) is 4.90 Å². The summed E-state index contributed by atoms with van der Waals surface area (Å²) in [6, 6.07) is 0. The topological polar surface area (TPSA) is 172 Å². The van der Waals surface area contributed by atoms with Gasteiger partial charge in [0.05, 0.1) is 16.9 Å². The Bertz CT molecular complexity index is 1590. The summed E-state index contributed by atoms with van der Waals surface area (Å²) in [5.41, 5.74) is 8.80. The average molecular weight is 609 g/mol. The minimum Gasteiger partial charge on any atom is -0.293 e. The number of piperidine rings is 1. The first kappa shape index (κ1) is 31.1. The molecule has 11 nitrogen and oxygen atoms in total. The van der Waals surface area contributed by atoms with Crippen LogP contribution in [0.4, 0.5) is 46.5 Å². The molecule has 0 bridgehead atoms. The molecule has 0 radical (unpaired) electrons. The fourth-order valence-corrected chi connectivity index (χ4v) is 4.14. The Balaban J connectivity index is 2.24. The molecule has 0 atom stereocenters. The van der Waals surface area contributed by atoms with Crippen LogP contribution in [0, 0.1) is 46.5 Å². The number of azide groups is 2. The van der Waals surface area contributed by atoms with Gasteiger partial charge in [0.15, 0.2) is 52.3 Å². The van der Waals surface area contributed by atoms with Crippen molar-refractivity contribution in [3.63, 3.8) is 0 Å². The third-order valence-corrected chi connectivity index (χ3v) is 6.21. The van der Waals surface area contributed by atoms with Crippen LogP contribution in [-0.2, 0) is 14.9 Å². The van der Waals surface area contributed by atoms with Crippen LogP contribution in [0.5, 0.6) is 0 Å². The summed E-state index contributed by atoms with van der Waals surface area (Å²) in [5, 5.41) is 5.01. The number of ketones is 1. The third kappa shape index (κ3) is 6.31. The van der Waals surface area contributed by atoms with Gasteiger partial charge < -0.3 is 0 Å². The highest BCUT2D eigenvalue weighted by Crippen LogP contribution is 2.34. The van der Waals surface area contributed by atoms with Gasteiger partial charge in [-0.25, -0.2) is 35.1 Å². The highest BCUT2D eigenvalue weighted by molar-refractivity contribution is 7.85. The number of likely N-dealkylation sites (tertiary alicyclic amines) is 1. The standard InChI is InChI=1S/C21H11F8N7O4S/c22-11-9(12(23)16(27)19(15(11)26)32-34-30)3-7-5-36(1-2-41(38,39)40)6-8(21(7)37)4-10-13(24)17(28)20(33-35-31)18(29)14(10)25/h3-4H,1-2,5-6H2,(H,38,39,40). The van der Waals surface area contributed by atoms with Crippen molar-refractivity contribution >= 4 is 39.4 Å². The van der Waals surface area contributed by atoms with Crippen molar-refractivity contribution in [1.29, 1.82) is 0 Å². The lowest BCUT2D eigenvalue weighted by molar-refractivity contribution is -0.113. The lowest BCUT2D eigenvalue weighted by Gasteiger charge is -2.29. The summed E-state index contributed by atoms with van der Waals surface area (Å²) < 4.78 is 147. The van der Waals surface area contributed by atoms with Crippen LogP contribution < -0.4 is 0 Å². The van der Waals surface area contributed by atoms with Crippen molar-refractivity contribution < 1.29 is 52.9 Å². The Labute approximate surface area is 223 Å². The monoisotopic (exact) mass is 609 g/mol. The van der Waals surface area contributed by atoms with E-state index in [1.165, 1.54) is 0 Å². The number of hydrogen-bond acceptors (Lipinski definition) is 6. The van der Waals surface area contributed by atoms with Crippen molar-refractivity contribution in [3.8, 4) is 0 Å². The van der Waals surface area contributed by atoms with Gasteiger partial charge >= 0.3 is 0 Å². The van der Waals surface area contributed by atoms with E-state index in [0.29, 0.717) is 0 Å². The second kappa shape index (κ2) is 11.9. The maximum absolute atomic E-state index is 14.6. The lowest BCUT2D eigenvalue weighted by Crippen LogP contribution is -2.40. The Morgan fingerprint density at radius 2 is 1.07 bits per heavy atom. The summed E-state index contributed by atoms with van der Waals surface area (Å²) in [5.74, 6) is -19.4. The van der Waals surface area contributed by atoms with E-state index in [-0.39, 0.29) is 12.2 Å². The van der Waals surface area contributed by atoms with Crippen molar-refractivity contribution in [2.75, 3.05) is 25.4 Å². The fraction of sp³-hybridized carbons (Fsp3) is 0.190. The molecule has 0 amide bonds. The van der Waals surface area contributed by atoms with Crippen LogP contribution in [0.25, 0.3) is 33.0 Å². The molecule has 2 aromatic carbocycles. The van der Waals surface area contributed by atoms with Crippen molar-refractivity contribution in [2.45, 2.75) is 0 Å². The van der Waals surface area contributed by atoms with E-state index in [0.717, 1.165) is 4.90 Å². The van der Waals surface area contributed by atoms with Gasteiger partial charge in [-0.15, -0.1) is 0 Å². The molecule has 0 spiro atoms. The number of carbonyl (C=O) groups excluding carboxylic acids is 1.